The van der Waals surface area contributed by atoms with Crippen LogP contribution >= 0.6 is 0 Å². The van der Waals surface area contributed by atoms with E-state index in [9.17, 15) is 9.59 Å². The Morgan fingerprint density at radius 3 is 2.71 bits per heavy atom. The third-order valence-corrected chi connectivity index (χ3v) is 7.09. The first-order chi connectivity index (χ1) is 16.9. The molecule has 1 aromatic carbocycles. The van der Waals surface area contributed by atoms with Crippen molar-refractivity contribution in [3.05, 3.63) is 41.5 Å². The fourth-order valence-electron chi connectivity index (χ4n) is 4.92. The molecule has 0 radical (unpaired) electrons. The lowest BCUT2D eigenvalue weighted by atomic mass is 9.82. The van der Waals surface area contributed by atoms with Crippen LogP contribution in [0.3, 0.4) is 0 Å². The molecule has 1 aromatic heterocycles. The SMILES string of the molecule is CC1(C)COc2c(cccc2N2CCN(CCCCOc3ccc4c(n3)NC(=O)CC4)CC2)C1=O. The number of hydrogen-bond donors (Lipinski definition) is 1. The molecule has 0 unspecified atom stereocenters. The summed E-state index contributed by atoms with van der Waals surface area (Å²) in [4.78, 5) is 33.6. The van der Waals surface area contributed by atoms with Crippen molar-refractivity contribution in [2.45, 2.75) is 39.5 Å². The number of nitrogens with one attached hydrogen (secondary N) is 1. The van der Waals surface area contributed by atoms with Crippen LogP contribution in [0.5, 0.6) is 11.6 Å². The first kappa shape index (κ1) is 23.6. The van der Waals surface area contributed by atoms with Crippen molar-refractivity contribution in [1.82, 2.24) is 9.88 Å². The number of rotatable bonds is 7. The highest BCUT2D eigenvalue weighted by atomic mass is 16.5. The molecule has 8 heteroatoms. The zero-order valence-corrected chi connectivity index (χ0v) is 20.6. The molecule has 186 valence electrons. The topological polar surface area (TPSA) is 84.0 Å². The van der Waals surface area contributed by atoms with Gasteiger partial charge < -0.3 is 19.7 Å². The van der Waals surface area contributed by atoms with Gasteiger partial charge in [0, 0.05) is 38.7 Å². The van der Waals surface area contributed by atoms with Gasteiger partial charge in [0.15, 0.2) is 11.5 Å². The van der Waals surface area contributed by atoms with Gasteiger partial charge in [-0.15, -0.1) is 0 Å². The van der Waals surface area contributed by atoms with Gasteiger partial charge in [0.05, 0.1) is 23.3 Å². The van der Waals surface area contributed by atoms with Crippen molar-refractivity contribution < 1.29 is 19.1 Å². The van der Waals surface area contributed by atoms with Crippen molar-refractivity contribution in [3.8, 4) is 11.6 Å². The molecule has 4 heterocycles. The standard InChI is InChI=1S/C27H34N4O4/c1-27(2)18-35-24-20(25(27)33)6-5-7-21(24)31-15-13-30(14-16-31)12-3-4-17-34-23-11-9-19-8-10-22(32)28-26(19)29-23/h5-7,9,11H,3-4,8,10,12-18H2,1-2H3,(H,28,29,32). The zero-order valence-electron chi connectivity index (χ0n) is 20.6. The molecule has 0 spiro atoms. The lowest BCUT2D eigenvalue weighted by molar-refractivity contribution is -0.116. The predicted octanol–water partition coefficient (Wildman–Crippen LogP) is 3.55. The van der Waals surface area contributed by atoms with Gasteiger partial charge in [0.25, 0.3) is 0 Å². The maximum absolute atomic E-state index is 12.8. The van der Waals surface area contributed by atoms with Crippen LogP contribution in [0.15, 0.2) is 30.3 Å². The number of amides is 1. The van der Waals surface area contributed by atoms with Crippen LogP contribution in [0.4, 0.5) is 11.5 Å². The molecule has 1 amide bonds. The van der Waals surface area contributed by atoms with Crippen LogP contribution in [0.1, 0.15) is 49.0 Å². The quantitative estimate of drug-likeness (QED) is 0.610. The molecule has 1 saturated heterocycles. The van der Waals surface area contributed by atoms with Gasteiger partial charge in [-0.2, -0.15) is 4.98 Å². The highest BCUT2D eigenvalue weighted by molar-refractivity contribution is 6.05. The third kappa shape index (κ3) is 5.12. The number of fused-ring (bicyclic) bond motifs is 2. The van der Waals surface area contributed by atoms with Crippen molar-refractivity contribution in [3.63, 3.8) is 0 Å². The number of unbranched alkanes of at least 4 members (excludes halogenated alkanes) is 1. The van der Waals surface area contributed by atoms with Crippen LogP contribution in [0, 0.1) is 5.41 Å². The minimum atomic E-state index is -0.472. The number of ketones is 1. The minimum absolute atomic E-state index is 0.0133. The Hall–Kier alpha value is -3.13. The average Bonchev–Trinajstić information content (AvgIpc) is 2.86. The number of piperazine rings is 1. The van der Waals surface area contributed by atoms with Gasteiger partial charge in [-0.3, -0.25) is 14.5 Å². The van der Waals surface area contributed by atoms with Crippen molar-refractivity contribution in [2.75, 3.05) is 56.2 Å². The number of hydrogen-bond acceptors (Lipinski definition) is 7. The molecule has 3 aliphatic heterocycles. The molecular formula is C27H34N4O4. The Labute approximate surface area is 206 Å². The maximum atomic E-state index is 12.8. The van der Waals surface area contributed by atoms with Gasteiger partial charge in [0.1, 0.15) is 12.4 Å². The summed E-state index contributed by atoms with van der Waals surface area (Å²) in [6, 6.07) is 9.79. The van der Waals surface area contributed by atoms with E-state index < -0.39 is 5.41 Å². The van der Waals surface area contributed by atoms with Gasteiger partial charge in [-0.05, 0) is 63.4 Å². The van der Waals surface area contributed by atoms with E-state index in [2.05, 4.69) is 26.2 Å². The lowest BCUT2D eigenvalue weighted by Crippen LogP contribution is -2.47. The van der Waals surface area contributed by atoms with Crippen molar-refractivity contribution in [1.29, 1.82) is 0 Å². The summed E-state index contributed by atoms with van der Waals surface area (Å²) in [7, 11) is 0. The molecule has 0 saturated carbocycles. The fourth-order valence-corrected chi connectivity index (χ4v) is 4.92. The predicted molar refractivity (Wildman–Crippen MR) is 135 cm³/mol. The summed E-state index contributed by atoms with van der Waals surface area (Å²) in [6.45, 7) is 9.74. The summed E-state index contributed by atoms with van der Waals surface area (Å²) in [5, 5.41) is 2.82. The second kappa shape index (κ2) is 9.85. The third-order valence-electron chi connectivity index (χ3n) is 7.09. The Balaban J connectivity index is 1.06. The van der Waals surface area contributed by atoms with Crippen molar-refractivity contribution >= 4 is 23.2 Å². The van der Waals surface area contributed by atoms with Gasteiger partial charge in [-0.25, -0.2) is 0 Å². The number of benzene rings is 1. The summed E-state index contributed by atoms with van der Waals surface area (Å²) in [5.74, 6) is 2.12. The molecule has 5 rings (SSSR count). The van der Waals surface area contributed by atoms with Crippen molar-refractivity contribution in [2.24, 2.45) is 5.41 Å². The molecule has 0 aliphatic carbocycles. The molecule has 3 aliphatic rings. The number of aryl methyl sites for hydroxylation is 1. The molecule has 8 nitrogen and oxygen atoms in total. The second-order valence-electron chi connectivity index (χ2n) is 10.2. The number of ether oxygens (including phenoxy) is 2. The maximum Gasteiger partial charge on any atom is 0.225 e. The Kier molecular flexibility index (Phi) is 6.65. The van der Waals surface area contributed by atoms with E-state index in [0.717, 1.165) is 69.0 Å². The van der Waals surface area contributed by atoms with E-state index in [1.54, 1.807) is 0 Å². The number of para-hydroxylation sites is 1. The molecule has 35 heavy (non-hydrogen) atoms. The smallest absolute Gasteiger partial charge is 0.225 e. The van der Waals surface area contributed by atoms with E-state index in [4.69, 9.17) is 9.47 Å². The first-order valence-electron chi connectivity index (χ1n) is 12.6. The van der Waals surface area contributed by atoms with E-state index in [-0.39, 0.29) is 11.7 Å². The number of Topliss-reactive ketones (excluding diaryl/α,β-unsaturated/α-hetero) is 1. The van der Waals surface area contributed by atoms with Gasteiger partial charge in [-0.1, -0.05) is 6.07 Å². The fraction of sp³-hybridized carbons (Fsp3) is 0.519. The van der Waals surface area contributed by atoms with Crippen LogP contribution in [-0.2, 0) is 11.2 Å². The summed E-state index contributed by atoms with van der Waals surface area (Å²) in [6.07, 6.45) is 3.25. The Bertz CT molecular complexity index is 1110. The van der Waals surface area contributed by atoms with E-state index in [0.29, 0.717) is 36.9 Å². The van der Waals surface area contributed by atoms with Crippen LogP contribution in [0.2, 0.25) is 0 Å². The summed E-state index contributed by atoms with van der Waals surface area (Å²) in [5.41, 5.74) is 2.33. The van der Waals surface area contributed by atoms with Gasteiger partial charge in [0.2, 0.25) is 11.8 Å². The highest BCUT2D eigenvalue weighted by Crippen LogP contribution is 2.40. The summed E-state index contributed by atoms with van der Waals surface area (Å²) >= 11 is 0. The number of aromatic nitrogens is 1. The Morgan fingerprint density at radius 2 is 1.89 bits per heavy atom. The van der Waals surface area contributed by atoms with Crippen LogP contribution in [-0.4, -0.2) is 67.5 Å². The Morgan fingerprint density at radius 1 is 1.06 bits per heavy atom. The number of pyridine rings is 1. The first-order valence-corrected chi connectivity index (χ1v) is 12.6. The number of carbonyl (C=O) groups is 2. The van der Waals surface area contributed by atoms with E-state index >= 15 is 0 Å². The lowest BCUT2D eigenvalue weighted by Gasteiger charge is -2.38. The minimum Gasteiger partial charge on any atom is -0.490 e. The normalized spacial score (nSPS) is 19.4. The largest absolute Gasteiger partial charge is 0.490 e. The number of anilines is 2. The zero-order chi connectivity index (χ0) is 24.4. The van der Waals surface area contributed by atoms with Gasteiger partial charge >= 0.3 is 0 Å². The monoisotopic (exact) mass is 478 g/mol. The molecule has 0 atom stereocenters. The van der Waals surface area contributed by atoms with E-state index in [1.807, 2.05) is 38.1 Å². The van der Waals surface area contributed by atoms with Crippen LogP contribution in [0.25, 0.3) is 0 Å². The summed E-state index contributed by atoms with van der Waals surface area (Å²) < 4.78 is 11.9. The number of carbonyl (C=O) groups excluding carboxylic acids is 2. The average molecular weight is 479 g/mol. The van der Waals surface area contributed by atoms with Crippen LogP contribution < -0.4 is 19.7 Å². The molecule has 0 bridgehead atoms. The molecular weight excluding hydrogens is 444 g/mol. The molecule has 1 fully saturated rings. The van der Waals surface area contributed by atoms with E-state index in [1.165, 1.54) is 0 Å². The highest BCUT2D eigenvalue weighted by Gasteiger charge is 2.37. The number of nitrogens with zero attached hydrogens (tertiary/aromatic N) is 3. The second-order valence-corrected chi connectivity index (χ2v) is 10.2. The molecule has 2 aromatic rings. The molecule has 1 N–H and O–H groups in total.